The van der Waals surface area contributed by atoms with Crippen LogP contribution in [0.25, 0.3) is 5.69 Å². The molecule has 0 radical (unpaired) electrons. The lowest BCUT2D eigenvalue weighted by atomic mass is 9.80. The zero-order valence-corrected chi connectivity index (χ0v) is 12.1. The molecule has 8 heteroatoms. The van der Waals surface area contributed by atoms with Gasteiger partial charge in [0.05, 0.1) is 11.9 Å². The molecule has 1 aliphatic carbocycles. The molecule has 1 fully saturated rings. The summed E-state index contributed by atoms with van der Waals surface area (Å²) in [6.45, 7) is 0. The first kappa shape index (κ1) is 15.0. The second kappa shape index (κ2) is 5.71. The fraction of sp³-hybridized carbons (Fsp3) is 0.267. The molecular formula is C15H15FN4O3. The van der Waals surface area contributed by atoms with Crippen molar-refractivity contribution >= 4 is 11.8 Å². The second-order valence-electron chi connectivity index (χ2n) is 5.53. The van der Waals surface area contributed by atoms with Crippen LogP contribution in [0.1, 0.15) is 23.3 Å². The van der Waals surface area contributed by atoms with Crippen molar-refractivity contribution in [3.63, 3.8) is 0 Å². The van der Waals surface area contributed by atoms with Crippen LogP contribution in [0.5, 0.6) is 5.75 Å². The molecule has 0 unspecified atom stereocenters. The summed E-state index contributed by atoms with van der Waals surface area (Å²) in [4.78, 5) is 23.1. The van der Waals surface area contributed by atoms with E-state index in [0.29, 0.717) is 18.5 Å². The molecule has 3 rings (SSSR count). The molecule has 1 heterocycles. The third-order valence-corrected chi connectivity index (χ3v) is 3.88. The van der Waals surface area contributed by atoms with Gasteiger partial charge in [0.15, 0.2) is 11.4 Å². The van der Waals surface area contributed by atoms with Crippen molar-refractivity contribution < 1.29 is 19.1 Å². The van der Waals surface area contributed by atoms with Crippen molar-refractivity contribution in [1.29, 1.82) is 0 Å². The molecule has 2 aromatic rings. The van der Waals surface area contributed by atoms with Crippen molar-refractivity contribution in [2.75, 3.05) is 0 Å². The van der Waals surface area contributed by atoms with Crippen LogP contribution in [0.2, 0.25) is 0 Å². The average Bonchev–Trinajstić information content (AvgIpc) is 2.84. The van der Waals surface area contributed by atoms with Gasteiger partial charge in [-0.1, -0.05) is 0 Å². The number of aromatic hydroxyl groups is 1. The van der Waals surface area contributed by atoms with Gasteiger partial charge in [-0.3, -0.25) is 9.59 Å². The summed E-state index contributed by atoms with van der Waals surface area (Å²) < 4.78 is 14.2. The number of carbonyl (C=O) groups is 2. The molecule has 23 heavy (non-hydrogen) atoms. The number of hydrogen-bond donors (Lipinski definition) is 3. The summed E-state index contributed by atoms with van der Waals surface area (Å²) in [5.74, 6) is -1.80. The van der Waals surface area contributed by atoms with Gasteiger partial charge >= 0.3 is 0 Å². The quantitative estimate of drug-likeness (QED) is 0.771. The van der Waals surface area contributed by atoms with E-state index in [0.717, 1.165) is 0 Å². The van der Waals surface area contributed by atoms with E-state index < -0.39 is 11.7 Å². The largest absolute Gasteiger partial charge is 0.504 e. The molecule has 0 bridgehead atoms. The average molecular weight is 318 g/mol. The maximum atomic E-state index is 12.9. The molecule has 2 amide bonds. The molecule has 0 atom stereocenters. The predicted molar refractivity (Wildman–Crippen MR) is 78.4 cm³/mol. The van der Waals surface area contributed by atoms with Crippen molar-refractivity contribution in [3.8, 4) is 11.4 Å². The van der Waals surface area contributed by atoms with Gasteiger partial charge < -0.3 is 16.2 Å². The van der Waals surface area contributed by atoms with Crippen LogP contribution in [0, 0.1) is 11.7 Å². The number of aromatic nitrogens is 2. The predicted octanol–water partition coefficient (Wildman–Crippen LogP) is 0.711. The lowest BCUT2D eigenvalue weighted by molar-refractivity contribution is -0.124. The summed E-state index contributed by atoms with van der Waals surface area (Å²) in [5, 5.41) is 16.6. The number of hydrogen-bond acceptors (Lipinski definition) is 4. The highest BCUT2D eigenvalue weighted by Gasteiger charge is 2.34. The van der Waals surface area contributed by atoms with Crippen LogP contribution in [0.3, 0.4) is 0 Å². The number of primary amides is 1. The van der Waals surface area contributed by atoms with Gasteiger partial charge in [-0.2, -0.15) is 5.10 Å². The molecule has 1 aromatic heterocycles. The standard InChI is InChI=1S/C15H15FN4O3/c16-9-1-3-11(4-2-9)20-7-12(21)13(19-20)15(23)18-10-5-8(6-10)14(17)22/h1-4,7-8,10,21H,5-6H2,(H2,17,22)(H,18,23). The Morgan fingerprint density at radius 3 is 2.57 bits per heavy atom. The van der Waals surface area contributed by atoms with E-state index >= 15 is 0 Å². The van der Waals surface area contributed by atoms with Crippen LogP contribution >= 0.6 is 0 Å². The Morgan fingerprint density at radius 1 is 1.30 bits per heavy atom. The van der Waals surface area contributed by atoms with Crippen LogP contribution in [0.15, 0.2) is 30.5 Å². The van der Waals surface area contributed by atoms with E-state index in [9.17, 15) is 19.1 Å². The fourth-order valence-electron chi connectivity index (χ4n) is 2.47. The van der Waals surface area contributed by atoms with Gasteiger partial charge in [0.1, 0.15) is 5.82 Å². The van der Waals surface area contributed by atoms with E-state index in [2.05, 4.69) is 10.4 Å². The van der Waals surface area contributed by atoms with E-state index in [1.807, 2.05) is 0 Å². The highest BCUT2D eigenvalue weighted by Crippen LogP contribution is 2.27. The maximum Gasteiger partial charge on any atom is 0.275 e. The Labute approximate surface area is 130 Å². The zero-order chi connectivity index (χ0) is 16.6. The number of amides is 2. The monoisotopic (exact) mass is 318 g/mol. The Hall–Kier alpha value is -2.90. The molecular weight excluding hydrogens is 303 g/mol. The van der Waals surface area contributed by atoms with Gasteiger partial charge in [0.25, 0.3) is 5.91 Å². The van der Waals surface area contributed by atoms with Crippen LogP contribution in [-0.4, -0.2) is 32.7 Å². The van der Waals surface area contributed by atoms with E-state index in [-0.39, 0.29) is 29.3 Å². The van der Waals surface area contributed by atoms with Crippen molar-refractivity contribution in [3.05, 3.63) is 42.0 Å². The number of nitrogens with two attached hydrogens (primary N) is 1. The van der Waals surface area contributed by atoms with E-state index in [4.69, 9.17) is 5.73 Å². The van der Waals surface area contributed by atoms with Crippen molar-refractivity contribution in [1.82, 2.24) is 15.1 Å². The smallest absolute Gasteiger partial charge is 0.275 e. The number of carbonyl (C=O) groups excluding carboxylic acids is 2. The van der Waals surface area contributed by atoms with Gasteiger partial charge in [-0.25, -0.2) is 9.07 Å². The topological polar surface area (TPSA) is 110 Å². The zero-order valence-electron chi connectivity index (χ0n) is 12.1. The van der Waals surface area contributed by atoms with E-state index in [1.54, 1.807) is 0 Å². The van der Waals surface area contributed by atoms with Crippen molar-refractivity contribution in [2.24, 2.45) is 11.7 Å². The highest BCUT2D eigenvalue weighted by atomic mass is 19.1. The third-order valence-electron chi connectivity index (χ3n) is 3.88. The Morgan fingerprint density at radius 2 is 1.96 bits per heavy atom. The van der Waals surface area contributed by atoms with Crippen LogP contribution in [-0.2, 0) is 4.79 Å². The van der Waals surface area contributed by atoms with Crippen molar-refractivity contribution in [2.45, 2.75) is 18.9 Å². The normalized spacial score (nSPS) is 19.9. The maximum absolute atomic E-state index is 12.9. The molecule has 0 saturated heterocycles. The Kier molecular flexibility index (Phi) is 3.73. The van der Waals surface area contributed by atoms with Crippen LogP contribution in [0.4, 0.5) is 4.39 Å². The molecule has 1 aliphatic rings. The minimum absolute atomic E-state index is 0.128. The first-order valence-corrected chi connectivity index (χ1v) is 7.09. The van der Waals surface area contributed by atoms with Gasteiger partial charge in [0, 0.05) is 12.0 Å². The Bertz CT molecular complexity index is 751. The minimum atomic E-state index is -0.531. The first-order chi connectivity index (χ1) is 10.9. The highest BCUT2D eigenvalue weighted by molar-refractivity contribution is 5.95. The number of halogens is 1. The molecule has 0 spiro atoms. The molecule has 0 aliphatic heterocycles. The summed E-state index contributed by atoms with van der Waals surface area (Å²) in [6, 6.07) is 5.31. The lowest BCUT2D eigenvalue weighted by Gasteiger charge is -2.33. The SMILES string of the molecule is NC(=O)C1CC(NC(=O)c2nn(-c3ccc(F)cc3)cc2O)C1. The Balaban J connectivity index is 1.70. The molecule has 120 valence electrons. The number of rotatable bonds is 4. The molecule has 1 aromatic carbocycles. The molecule has 1 saturated carbocycles. The fourth-order valence-corrected chi connectivity index (χ4v) is 2.47. The summed E-state index contributed by atoms with van der Waals surface area (Å²) >= 11 is 0. The number of benzene rings is 1. The first-order valence-electron chi connectivity index (χ1n) is 7.09. The summed E-state index contributed by atoms with van der Waals surface area (Å²) in [5.41, 5.74) is 5.55. The number of nitrogens with zero attached hydrogens (tertiary/aromatic N) is 2. The summed E-state index contributed by atoms with van der Waals surface area (Å²) in [6.07, 6.45) is 2.25. The molecule has 7 nitrogen and oxygen atoms in total. The van der Waals surface area contributed by atoms with Gasteiger partial charge in [-0.05, 0) is 37.1 Å². The second-order valence-corrected chi connectivity index (χ2v) is 5.53. The van der Waals surface area contributed by atoms with Gasteiger partial charge in [0.2, 0.25) is 5.91 Å². The minimum Gasteiger partial charge on any atom is -0.504 e. The lowest BCUT2D eigenvalue weighted by Crippen LogP contribution is -2.48. The third kappa shape index (κ3) is 3.01. The van der Waals surface area contributed by atoms with Crippen LogP contribution < -0.4 is 11.1 Å². The summed E-state index contributed by atoms with van der Waals surface area (Å²) in [7, 11) is 0. The number of nitrogens with one attached hydrogen (secondary N) is 1. The van der Waals surface area contributed by atoms with Gasteiger partial charge in [-0.15, -0.1) is 0 Å². The molecule has 4 N–H and O–H groups in total. The van der Waals surface area contributed by atoms with E-state index in [1.165, 1.54) is 35.1 Å².